The van der Waals surface area contributed by atoms with Gasteiger partial charge < -0.3 is 24.8 Å². The molecular weight excluding hydrogens is 185 g/mol. The van der Waals surface area contributed by atoms with Gasteiger partial charge in [0.2, 0.25) is 0 Å². The van der Waals surface area contributed by atoms with E-state index in [-0.39, 0.29) is 41.9 Å². The van der Waals surface area contributed by atoms with Crippen LogP contribution in [0.3, 0.4) is 0 Å². The molecule has 0 amide bonds. The molecule has 0 saturated carbocycles. The first-order valence-electron chi connectivity index (χ1n) is 0.812. The molecule has 0 heterocycles. The van der Waals surface area contributed by atoms with Crippen LogP contribution in [0.5, 0.6) is 0 Å². The molecule has 0 aliphatic heterocycles. The van der Waals surface area contributed by atoms with Crippen molar-refractivity contribution in [3.05, 3.63) is 10.1 Å². The molecule has 7 heavy (non-hydrogen) atoms. The second kappa shape index (κ2) is 16.1. The van der Waals surface area contributed by atoms with Crippen molar-refractivity contribution in [2.75, 3.05) is 7.05 Å². The smallest absolute Gasteiger partial charge is 1.00 e. The monoisotopic (exact) mass is 187 g/mol. The molecule has 0 spiro atoms. The van der Waals surface area contributed by atoms with E-state index in [1.165, 1.54) is 0 Å². The Bertz CT molecular complexity index is 38.7. The van der Waals surface area contributed by atoms with Crippen LogP contribution < -0.4 is 24.8 Å². The van der Waals surface area contributed by atoms with Gasteiger partial charge in [-0.15, -0.1) is 0 Å². The van der Waals surface area contributed by atoms with Crippen LogP contribution in [0.15, 0.2) is 0 Å². The molecule has 0 aliphatic carbocycles. The van der Waals surface area contributed by atoms with E-state index in [4.69, 9.17) is 10.1 Å². The summed E-state index contributed by atoms with van der Waals surface area (Å²) in [5, 5.41) is 8.81. The number of hydrogen-bond acceptors (Lipinski definition) is 2. The van der Waals surface area contributed by atoms with Crippen LogP contribution in [0.4, 0.5) is 0 Å². The van der Waals surface area contributed by atoms with Crippen molar-refractivity contribution in [1.29, 1.82) is 0 Å². The summed E-state index contributed by atoms with van der Waals surface area (Å²) in [4.78, 5) is 8.31. The first kappa shape index (κ1) is 25.9. The van der Waals surface area contributed by atoms with Crippen molar-refractivity contribution < 1.29 is 46.8 Å². The fourth-order valence-corrected chi connectivity index (χ4v) is 0. The number of halogens is 2. The zero-order valence-electron chi connectivity index (χ0n) is 3.37. The van der Waals surface area contributed by atoms with Crippen LogP contribution in [-0.2, 0) is 17.1 Å². The summed E-state index contributed by atoms with van der Waals surface area (Å²) in [6, 6.07) is 0. The van der Waals surface area contributed by atoms with Gasteiger partial charge in [-0.05, 0) is 0 Å². The maximum atomic E-state index is 8.81. The Morgan fingerprint density at radius 3 is 1.43 bits per heavy atom. The minimum atomic E-state index is -0.500. The molecule has 0 radical (unpaired) electrons. The Labute approximate surface area is 64.3 Å². The quantitative estimate of drug-likeness (QED) is 0.215. The zero-order valence-corrected chi connectivity index (χ0v) is 5.99. The van der Waals surface area contributed by atoms with E-state index >= 15 is 0 Å². The van der Waals surface area contributed by atoms with Gasteiger partial charge in [0.25, 0.3) is 0 Å². The van der Waals surface area contributed by atoms with E-state index < -0.39 is 4.92 Å². The second-order valence-corrected chi connectivity index (χ2v) is 0.440. The third-order valence-corrected chi connectivity index (χ3v) is 0. The molecule has 0 saturated heterocycles. The first-order chi connectivity index (χ1) is 1.73. The van der Waals surface area contributed by atoms with Gasteiger partial charge in [0, 0.05) is 4.92 Å². The third kappa shape index (κ3) is 527. The molecule has 3 nitrogen and oxygen atoms in total. The fraction of sp³-hybridized carbons (Fsp3) is 1.00. The molecule has 0 atom stereocenters. The van der Waals surface area contributed by atoms with Crippen LogP contribution in [0, 0.1) is 10.1 Å². The van der Waals surface area contributed by atoms with Gasteiger partial charge in [-0.2, -0.15) is 0 Å². The molecule has 0 N–H and O–H groups in total. The fourth-order valence-electron chi connectivity index (χ4n) is 0. The third-order valence-electron chi connectivity index (χ3n) is 0. The average Bonchev–Trinajstić information content (AvgIpc) is 0.811. The van der Waals surface area contributed by atoms with E-state index in [2.05, 4.69) is 0 Å². The molecule has 0 aromatic heterocycles. The van der Waals surface area contributed by atoms with Crippen LogP contribution in [-0.4, -0.2) is 12.0 Å². The van der Waals surface area contributed by atoms with Crippen molar-refractivity contribution in [2.24, 2.45) is 0 Å². The van der Waals surface area contributed by atoms with Crippen LogP contribution in [0.25, 0.3) is 0 Å². The van der Waals surface area contributed by atoms with Gasteiger partial charge in [0.05, 0.1) is 0 Å². The Kier molecular flexibility index (Phi) is 59.3. The van der Waals surface area contributed by atoms with Crippen molar-refractivity contribution in [3.8, 4) is 0 Å². The largest absolute Gasteiger partial charge is 2.00 e. The zero-order chi connectivity index (χ0) is 3.58. The van der Waals surface area contributed by atoms with E-state index in [9.17, 15) is 0 Å². The standard InChI is InChI=1S/CH3NO2.2ClH.Fe/c1-2(3)4;;;/h1H3;2*1H;/q;;;+2/p-2. The summed E-state index contributed by atoms with van der Waals surface area (Å²) in [6.45, 7) is 0. The topological polar surface area (TPSA) is 43.1 Å². The molecule has 0 rings (SSSR count). The van der Waals surface area contributed by atoms with Crippen LogP contribution in [0.1, 0.15) is 0 Å². The Morgan fingerprint density at radius 1 is 1.43 bits per heavy atom. The van der Waals surface area contributed by atoms with Crippen LogP contribution >= 0.6 is 0 Å². The molecule has 0 unspecified atom stereocenters. The minimum Gasteiger partial charge on any atom is -1.00 e. The summed E-state index contributed by atoms with van der Waals surface area (Å²) >= 11 is 0. The van der Waals surface area contributed by atoms with Gasteiger partial charge >= 0.3 is 17.1 Å². The number of hydrogen-bond donors (Lipinski definition) is 0. The van der Waals surface area contributed by atoms with Crippen LogP contribution in [0.2, 0.25) is 0 Å². The van der Waals surface area contributed by atoms with Crippen molar-refractivity contribution >= 4 is 0 Å². The normalized spacial score (nSPS) is 3.57. The predicted molar refractivity (Wildman–Crippen MR) is 12.9 cm³/mol. The molecule has 6 heteroatoms. The summed E-state index contributed by atoms with van der Waals surface area (Å²) in [5.74, 6) is 0. The van der Waals surface area contributed by atoms with Crippen molar-refractivity contribution in [3.63, 3.8) is 0 Å². The summed E-state index contributed by atoms with van der Waals surface area (Å²) < 4.78 is 0. The van der Waals surface area contributed by atoms with Gasteiger partial charge in [-0.1, -0.05) is 0 Å². The van der Waals surface area contributed by atoms with Gasteiger partial charge in [-0.3, -0.25) is 10.1 Å². The molecular formula is CH3Cl2FeNO2. The molecule has 0 aromatic rings. The van der Waals surface area contributed by atoms with Crippen molar-refractivity contribution in [1.82, 2.24) is 0 Å². The van der Waals surface area contributed by atoms with Gasteiger partial charge in [0.15, 0.2) is 7.05 Å². The van der Waals surface area contributed by atoms with Crippen molar-refractivity contribution in [2.45, 2.75) is 0 Å². The molecule has 46 valence electrons. The van der Waals surface area contributed by atoms with Gasteiger partial charge in [-0.25, -0.2) is 0 Å². The van der Waals surface area contributed by atoms with E-state index in [0.29, 0.717) is 0 Å². The molecule has 0 aliphatic rings. The van der Waals surface area contributed by atoms with E-state index in [0.717, 1.165) is 7.05 Å². The summed E-state index contributed by atoms with van der Waals surface area (Å²) in [6.07, 6.45) is 0. The maximum Gasteiger partial charge on any atom is 2.00 e. The Hall–Kier alpha value is 0.499. The first-order valence-corrected chi connectivity index (χ1v) is 0.812. The second-order valence-electron chi connectivity index (χ2n) is 0.440. The summed E-state index contributed by atoms with van der Waals surface area (Å²) in [5.41, 5.74) is 0. The molecule has 0 bridgehead atoms. The molecule has 0 aromatic carbocycles. The number of rotatable bonds is 0. The van der Waals surface area contributed by atoms with E-state index in [1.54, 1.807) is 0 Å². The Balaban J connectivity index is -0.0000000150. The van der Waals surface area contributed by atoms with E-state index in [1.807, 2.05) is 0 Å². The SMILES string of the molecule is C[N+](=O)[O-].[Cl-].[Cl-].[Fe+2]. The Morgan fingerprint density at radius 2 is 1.43 bits per heavy atom. The number of nitrogens with zero attached hydrogens (tertiary/aromatic N) is 1. The summed E-state index contributed by atoms with van der Waals surface area (Å²) in [7, 11) is 0.889. The number of nitro groups is 1. The molecule has 0 fully saturated rings. The minimum absolute atomic E-state index is 0. The van der Waals surface area contributed by atoms with Gasteiger partial charge in [0.1, 0.15) is 0 Å². The maximum absolute atomic E-state index is 8.81. The average molecular weight is 188 g/mol. The predicted octanol–water partition coefficient (Wildman–Crippen LogP) is -6.10.